The molecule has 0 saturated heterocycles. The fourth-order valence-electron chi connectivity index (χ4n) is 2.62. The highest BCUT2D eigenvalue weighted by Gasteiger charge is 2.11. The molecule has 0 bridgehead atoms. The molecule has 30 heavy (non-hydrogen) atoms. The third kappa shape index (κ3) is 6.02. The van der Waals surface area contributed by atoms with Gasteiger partial charge in [0, 0.05) is 17.6 Å². The topological polar surface area (TPSA) is 123 Å². The molecule has 0 unspecified atom stereocenters. The summed E-state index contributed by atoms with van der Waals surface area (Å²) in [5.41, 5.74) is 2.07. The lowest BCUT2D eigenvalue weighted by Gasteiger charge is -2.06. The number of thiazole rings is 1. The number of sulfonamides is 1. The van der Waals surface area contributed by atoms with Crippen molar-refractivity contribution in [2.45, 2.75) is 18.2 Å². The second kappa shape index (κ2) is 9.70. The van der Waals surface area contributed by atoms with Crippen LogP contribution in [0.3, 0.4) is 0 Å². The van der Waals surface area contributed by atoms with Crippen LogP contribution < -0.4 is 20.5 Å². The average molecular weight is 447 g/mol. The molecule has 0 saturated carbocycles. The number of amides is 1. The summed E-state index contributed by atoms with van der Waals surface area (Å²) in [5, 5.41) is 13.3. The number of carbonyl (C=O) groups excluding carboxylic acids is 1. The van der Waals surface area contributed by atoms with Gasteiger partial charge >= 0.3 is 0 Å². The molecule has 0 atom stereocenters. The Labute approximate surface area is 179 Å². The van der Waals surface area contributed by atoms with Crippen molar-refractivity contribution < 1.29 is 17.9 Å². The van der Waals surface area contributed by atoms with Crippen molar-refractivity contribution in [2.24, 2.45) is 5.14 Å². The molecule has 1 aromatic heterocycles. The van der Waals surface area contributed by atoms with E-state index in [-0.39, 0.29) is 10.8 Å². The van der Waals surface area contributed by atoms with E-state index in [0.29, 0.717) is 30.4 Å². The molecule has 0 aliphatic heterocycles. The van der Waals surface area contributed by atoms with Crippen LogP contribution in [0.25, 0.3) is 0 Å². The van der Waals surface area contributed by atoms with Crippen LogP contribution in [0.1, 0.15) is 23.0 Å². The molecule has 0 fully saturated rings. The number of nitrogens with two attached hydrogens (primary N) is 1. The lowest BCUT2D eigenvalue weighted by atomic mass is 10.1. The lowest BCUT2D eigenvalue weighted by molar-refractivity contribution is 0.0950. The number of aromatic nitrogens is 1. The van der Waals surface area contributed by atoms with Crippen LogP contribution in [0, 0.1) is 0 Å². The van der Waals surface area contributed by atoms with Gasteiger partial charge in [0.05, 0.1) is 11.5 Å². The van der Waals surface area contributed by atoms with Crippen molar-refractivity contribution in [3.05, 3.63) is 65.2 Å². The smallest absolute Gasteiger partial charge is 0.270 e. The summed E-state index contributed by atoms with van der Waals surface area (Å²) in [7, 11) is -3.70. The van der Waals surface area contributed by atoms with E-state index in [2.05, 4.69) is 15.6 Å². The summed E-state index contributed by atoms with van der Waals surface area (Å²) >= 11 is 1.34. The van der Waals surface area contributed by atoms with Gasteiger partial charge in [-0.25, -0.2) is 18.5 Å². The number of anilines is 2. The van der Waals surface area contributed by atoms with E-state index in [1.54, 1.807) is 17.5 Å². The first kappa shape index (κ1) is 21.8. The molecule has 0 aliphatic carbocycles. The molecule has 10 heteroatoms. The molecule has 158 valence electrons. The van der Waals surface area contributed by atoms with E-state index in [1.165, 1.54) is 23.5 Å². The Morgan fingerprint density at radius 3 is 2.47 bits per heavy atom. The molecule has 3 rings (SSSR count). The van der Waals surface area contributed by atoms with Crippen LogP contribution in [0.4, 0.5) is 10.8 Å². The summed E-state index contributed by atoms with van der Waals surface area (Å²) in [6, 6.07) is 13.7. The van der Waals surface area contributed by atoms with Gasteiger partial charge in [0.15, 0.2) is 5.13 Å². The standard InChI is InChI=1S/C20H22N4O4S2/c1-2-28-16-7-5-15(6-8-16)23-20-24-18(13-29-20)19(25)22-12-11-14-3-9-17(10-4-14)30(21,26)27/h3-10,13H,2,11-12H2,1H3,(H,22,25)(H,23,24)(H2,21,26,27). The number of nitrogens with one attached hydrogen (secondary N) is 2. The number of benzene rings is 2. The summed E-state index contributed by atoms with van der Waals surface area (Å²) in [6.07, 6.45) is 0.554. The van der Waals surface area contributed by atoms with E-state index in [4.69, 9.17) is 9.88 Å². The minimum atomic E-state index is -3.70. The van der Waals surface area contributed by atoms with E-state index in [1.807, 2.05) is 31.2 Å². The molecule has 3 aromatic rings. The maximum Gasteiger partial charge on any atom is 0.270 e. The van der Waals surface area contributed by atoms with E-state index < -0.39 is 10.0 Å². The van der Waals surface area contributed by atoms with Gasteiger partial charge in [-0.1, -0.05) is 12.1 Å². The van der Waals surface area contributed by atoms with Gasteiger partial charge in [-0.15, -0.1) is 11.3 Å². The molecule has 2 aromatic carbocycles. The minimum absolute atomic E-state index is 0.0605. The van der Waals surface area contributed by atoms with Crippen molar-refractivity contribution in [3.63, 3.8) is 0 Å². The minimum Gasteiger partial charge on any atom is -0.494 e. The van der Waals surface area contributed by atoms with Gasteiger partial charge in [0.25, 0.3) is 5.91 Å². The van der Waals surface area contributed by atoms with Crippen molar-refractivity contribution in [2.75, 3.05) is 18.5 Å². The second-order valence-electron chi connectivity index (χ2n) is 6.32. The van der Waals surface area contributed by atoms with Crippen molar-refractivity contribution in [1.29, 1.82) is 0 Å². The van der Waals surface area contributed by atoms with Crippen LogP contribution in [0.5, 0.6) is 5.75 Å². The number of carbonyl (C=O) groups is 1. The number of rotatable bonds is 9. The van der Waals surface area contributed by atoms with Crippen LogP contribution >= 0.6 is 11.3 Å². The Morgan fingerprint density at radius 2 is 1.83 bits per heavy atom. The first-order valence-electron chi connectivity index (χ1n) is 9.20. The summed E-state index contributed by atoms with van der Waals surface area (Å²) < 4.78 is 27.9. The Bertz CT molecular complexity index is 1090. The largest absolute Gasteiger partial charge is 0.494 e. The van der Waals surface area contributed by atoms with Crippen molar-refractivity contribution >= 4 is 38.1 Å². The third-order valence-electron chi connectivity index (χ3n) is 4.10. The molecule has 8 nitrogen and oxygen atoms in total. The Morgan fingerprint density at radius 1 is 1.13 bits per heavy atom. The SMILES string of the molecule is CCOc1ccc(Nc2nc(C(=O)NCCc3ccc(S(N)(=O)=O)cc3)cs2)cc1. The van der Waals surface area contributed by atoms with Gasteiger partial charge in [0.2, 0.25) is 10.0 Å². The van der Waals surface area contributed by atoms with Crippen LogP contribution in [0.15, 0.2) is 58.8 Å². The average Bonchev–Trinajstić information content (AvgIpc) is 3.18. The third-order valence-corrected chi connectivity index (χ3v) is 5.79. The van der Waals surface area contributed by atoms with Crippen molar-refractivity contribution in [1.82, 2.24) is 10.3 Å². The maximum absolute atomic E-state index is 12.3. The monoisotopic (exact) mass is 446 g/mol. The van der Waals surface area contributed by atoms with Crippen LogP contribution in [-0.4, -0.2) is 32.5 Å². The fraction of sp³-hybridized carbons (Fsp3) is 0.200. The van der Waals surface area contributed by atoms with Gasteiger partial charge in [-0.05, 0) is 55.3 Å². The number of nitrogens with zero attached hydrogens (tertiary/aromatic N) is 1. The number of hydrogen-bond donors (Lipinski definition) is 3. The van der Waals surface area contributed by atoms with Crippen molar-refractivity contribution in [3.8, 4) is 5.75 Å². The van der Waals surface area contributed by atoms with Crippen LogP contribution in [-0.2, 0) is 16.4 Å². The summed E-state index contributed by atoms with van der Waals surface area (Å²) in [5.74, 6) is 0.522. The molecule has 1 amide bonds. The zero-order chi connectivity index (χ0) is 21.6. The molecule has 4 N–H and O–H groups in total. The fourth-order valence-corrected chi connectivity index (χ4v) is 3.84. The predicted molar refractivity (Wildman–Crippen MR) is 117 cm³/mol. The maximum atomic E-state index is 12.3. The van der Waals surface area contributed by atoms with E-state index in [0.717, 1.165) is 17.0 Å². The number of primary sulfonamides is 1. The summed E-state index contributed by atoms with van der Waals surface area (Å²) in [4.78, 5) is 16.7. The summed E-state index contributed by atoms with van der Waals surface area (Å²) in [6.45, 7) is 2.93. The first-order chi connectivity index (χ1) is 14.3. The molecule has 0 radical (unpaired) electrons. The van der Waals surface area contributed by atoms with Gasteiger partial charge in [-0.2, -0.15) is 0 Å². The number of ether oxygens (including phenoxy) is 1. The van der Waals surface area contributed by atoms with Crippen LogP contribution in [0.2, 0.25) is 0 Å². The highest BCUT2D eigenvalue weighted by molar-refractivity contribution is 7.89. The zero-order valence-electron chi connectivity index (χ0n) is 16.3. The molecule has 1 heterocycles. The Kier molecular flexibility index (Phi) is 7.03. The van der Waals surface area contributed by atoms with Gasteiger partial charge < -0.3 is 15.4 Å². The zero-order valence-corrected chi connectivity index (χ0v) is 17.9. The molecule has 0 aliphatic rings. The lowest BCUT2D eigenvalue weighted by Crippen LogP contribution is -2.26. The Balaban J connectivity index is 1.50. The number of hydrogen-bond acceptors (Lipinski definition) is 7. The Hall–Kier alpha value is -2.95. The van der Waals surface area contributed by atoms with Gasteiger partial charge in [0.1, 0.15) is 11.4 Å². The normalized spacial score (nSPS) is 11.1. The van der Waals surface area contributed by atoms with E-state index >= 15 is 0 Å². The second-order valence-corrected chi connectivity index (χ2v) is 8.73. The highest BCUT2D eigenvalue weighted by Crippen LogP contribution is 2.23. The van der Waals surface area contributed by atoms with Gasteiger partial charge in [-0.3, -0.25) is 4.79 Å². The highest BCUT2D eigenvalue weighted by atomic mass is 32.2. The molecular weight excluding hydrogens is 424 g/mol. The quantitative estimate of drug-likeness (QED) is 0.464. The molecule has 0 spiro atoms. The molecular formula is C20H22N4O4S2. The predicted octanol–water partition coefficient (Wildman–Crippen LogP) is 2.91. The first-order valence-corrected chi connectivity index (χ1v) is 11.6. The van der Waals surface area contributed by atoms with E-state index in [9.17, 15) is 13.2 Å².